The van der Waals surface area contributed by atoms with Crippen LogP contribution in [0.5, 0.6) is 0 Å². The highest BCUT2D eigenvalue weighted by Crippen LogP contribution is 2.20. The maximum absolute atomic E-state index is 5.43. The molecule has 3 atom stereocenters. The Labute approximate surface area is 141 Å². The Balaban J connectivity index is 1.66. The second-order valence-electron chi connectivity index (χ2n) is 6.24. The van der Waals surface area contributed by atoms with Crippen LogP contribution in [0.25, 0.3) is 11.4 Å². The number of rotatable bonds is 6. The Kier molecular flexibility index (Phi) is 4.76. The summed E-state index contributed by atoms with van der Waals surface area (Å²) in [5.41, 5.74) is 2.11. The first kappa shape index (κ1) is 16.4. The molecule has 24 heavy (non-hydrogen) atoms. The molecule has 0 radical (unpaired) electrons. The predicted molar refractivity (Wildman–Crippen MR) is 92.4 cm³/mol. The summed E-state index contributed by atoms with van der Waals surface area (Å²) >= 11 is 0. The van der Waals surface area contributed by atoms with Gasteiger partial charge in [-0.05, 0) is 33.3 Å². The number of benzene rings is 1. The molecule has 0 aliphatic carbocycles. The van der Waals surface area contributed by atoms with Crippen molar-refractivity contribution in [3.63, 3.8) is 0 Å². The first-order valence-corrected chi connectivity index (χ1v) is 8.20. The van der Waals surface area contributed by atoms with Crippen molar-refractivity contribution in [3.8, 4) is 11.4 Å². The van der Waals surface area contributed by atoms with Crippen molar-refractivity contribution in [2.75, 3.05) is 0 Å². The van der Waals surface area contributed by atoms with Crippen LogP contribution in [-0.4, -0.2) is 26.0 Å². The number of hydrogen-bond acceptors (Lipinski definition) is 5. The molecule has 1 N–H and O–H groups in total. The number of nitrogens with one attached hydrogen (secondary N) is 1. The Morgan fingerprint density at radius 1 is 1.12 bits per heavy atom. The number of nitrogens with zero attached hydrogens (tertiary/aromatic N) is 4. The van der Waals surface area contributed by atoms with Crippen molar-refractivity contribution in [1.29, 1.82) is 0 Å². The topological polar surface area (TPSA) is 68.8 Å². The number of hydrogen-bond donors (Lipinski definition) is 1. The molecule has 3 rings (SSSR count). The lowest BCUT2D eigenvalue weighted by atomic mass is 10.1. The number of aromatic nitrogens is 4. The van der Waals surface area contributed by atoms with Crippen LogP contribution in [0.3, 0.4) is 0 Å². The average Bonchev–Trinajstić information content (AvgIpc) is 3.24. The molecule has 0 aliphatic rings. The van der Waals surface area contributed by atoms with E-state index in [4.69, 9.17) is 4.52 Å². The van der Waals surface area contributed by atoms with Gasteiger partial charge in [0.1, 0.15) is 0 Å². The number of aryl methyl sites for hydroxylation is 1. The molecule has 126 valence electrons. The third-order valence-electron chi connectivity index (χ3n) is 4.23. The third-order valence-corrected chi connectivity index (χ3v) is 4.23. The van der Waals surface area contributed by atoms with Gasteiger partial charge in [-0.15, -0.1) is 0 Å². The quantitative estimate of drug-likeness (QED) is 0.750. The summed E-state index contributed by atoms with van der Waals surface area (Å²) in [6.07, 6.45) is 3.92. The largest absolute Gasteiger partial charge is 0.337 e. The summed E-state index contributed by atoms with van der Waals surface area (Å²) in [7, 11) is 0. The Bertz CT molecular complexity index is 780. The highest BCUT2D eigenvalue weighted by atomic mass is 16.5. The lowest BCUT2D eigenvalue weighted by molar-refractivity contribution is 0.292. The molecule has 0 amide bonds. The average molecular weight is 325 g/mol. The van der Waals surface area contributed by atoms with E-state index in [0.717, 1.165) is 11.1 Å². The zero-order valence-electron chi connectivity index (χ0n) is 14.5. The molecule has 3 unspecified atom stereocenters. The van der Waals surface area contributed by atoms with Crippen LogP contribution in [0.1, 0.15) is 44.3 Å². The van der Waals surface area contributed by atoms with Crippen LogP contribution in [0.15, 0.2) is 47.2 Å². The SMILES string of the molecule is Cc1cnn(C(C)C(C)NC(C)c2nc(-c3ccccc3)no2)c1. The van der Waals surface area contributed by atoms with Crippen molar-refractivity contribution in [2.24, 2.45) is 0 Å². The standard InChI is InChI=1S/C18H23N5O/c1-12-10-19-23(11-12)15(4)13(2)20-14(3)18-21-17(22-24-18)16-8-6-5-7-9-16/h5-11,13-15,20H,1-4H3. The summed E-state index contributed by atoms with van der Waals surface area (Å²) in [5.74, 6) is 1.20. The van der Waals surface area contributed by atoms with Crippen LogP contribution in [0.2, 0.25) is 0 Å². The molecule has 1 aromatic carbocycles. The molecule has 0 fully saturated rings. The van der Waals surface area contributed by atoms with Crippen LogP contribution < -0.4 is 5.32 Å². The van der Waals surface area contributed by atoms with Gasteiger partial charge in [0, 0.05) is 17.8 Å². The maximum atomic E-state index is 5.43. The van der Waals surface area contributed by atoms with Gasteiger partial charge in [-0.25, -0.2) is 0 Å². The van der Waals surface area contributed by atoms with Gasteiger partial charge in [0.15, 0.2) is 0 Å². The fourth-order valence-corrected chi connectivity index (χ4v) is 2.61. The molecule has 2 heterocycles. The molecule has 0 saturated heterocycles. The molecule has 0 aliphatic heterocycles. The fourth-order valence-electron chi connectivity index (χ4n) is 2.61. The summed E-state index contributed by atoms with van der Waals surface area (Å²) in [4.78, 5) is 4.51. The Morgan fingerprint density at radius 2 is 1.88 bits per heavy atom. The van der Waals surface area contributed by atoms with Crippen molar-refractivity contribution >= 4 is 0 Å². The van der Waals surface area contributed by atoms with E-state index in [9.17, 15) is 0 Å². The van der Waals surface area contributed by atoms with E-state index >= 15 is 0 Å². The molecule has 0 spiro atoms. The summed E-state index contributed by atoms with van der Waals surface area (Å²) in [6.45, 7) is 8.34. The molecule has 3 aromatic rings. The minimum Gasteiger partial charge on any atom is -0.337 e. The van der Waals surface area contributed by atoms with Gasteiger partial charge in [0.25, 0.3) is 0 Å². The van der Waals surface area contributed by atoms with E-state index in [-0.39, 0.29) is 18.1 Å². The second-order valence-corrected chi connectivity index (χ2v) is 6.24. The minimum absolute atomic E-state index is 0.0379. The van der Waals surface area contributed by atoms with Crippen LogP contribution in [0, 0.1) is 6.92 Å². The lowest BCUT2D eigenvalue weighted by Crippen LogP contribution is -2.35. The Morgan fingerprint density at radius 3 is 2.54 bits per heavy atom. The van der Waals surface area contributed by atoms with Gasteiger partial charge in [0.2, 0.25) is 11.7 Å². The van der Waals surface area contributed by atoms with Gasteiger partial charge >= 0.3 is 0 Å². The van der Waals surface area contributed by atoms with Crippen molar-refractivity contribution in [2.45, 2.75) is 45.8 Å². The fraction of sp³-hybridized carbons (Fsp3) is 0.389. The molecule has 2 aromatic heterocycles. The van der Waals surface area contributed by atoms with Gasteiger partial charge in [-0.2, -0.15) is 10.1 Å². The predicted octanol–water partition coefficient (Wildman–Crippen LogP) is 3.54. The highest BCUT2D eigenvalue weighted by molar-refractivity contribution is 5.53. The van der Waals surface area contributed by atoms with Gasteiger partial charge in [0.05, 0.1) is 18.3 Å². The molecule has 6 nitrogen and oxygen atoms in total. The zero-order chi connectivity index (χ0) is 17.1. The monoisotopic (exact) mass is 325 g/mol. The van der Waals surface area contributed by atoms with Crippen molar-refractivity contribution < 1.29 is 4.52 Å². The van der Waals surface area contributed by atoms with Gasteiger partial charge in [-0.1, -0.05) is 35.5 Å². The Hall–Kier alpha value is -2.47. The van der Waals surface area contributed by atoms with Crippen molar-refractivity contribution in [1.82, 2.24) is 25.2 Å². The van der Waals surface area contributed by atoms with E-state index < -0.39 is 0 Å². The first-order valence-electron chi connectivity index (χ1n) is 8.20. The van der Waals surface area contributed by atoms with Gasteiger partial charge < -0.3 is 9.84 Å². The lowest BCUT2D eigenvalue weighted by Gasteiger charge is -2.24. The van der Waals surface area contributed by atoms with Crippen molar-refractivity contribution in [3.05, 3.63) is 54.2 Å². The van der Waals surface area contributed by atoms with Crippen LogP contribution in [0.4, 0.5) is 0 Å². The molecule has 6 heteroatoms. The van der Waals surface area contributed by atoms with E-state index in [1.165, 1.54) is 0 Å². The first-order chi connectivity index (χ1) is 11.5. The van der Waals surface area contributed by atoms with Crippen LogP contribution >= 0.6 is 0 Å². The second kappa shape index (κ2) is 6.97. The molecular weight excluding hydrogens is 302 g/mol. The molecule has 0 saturated carbocycles. The van der Waals surface area contributed by atoms with E-state index in [1.54, 1.807) is 0 Å². The van der Waals surface area contributed by atoms with Gasteiger partial charge in [-0.3, -0.25) is 4.68 Å². The minimum atomic E-state index is -0.0379. The zero-order valence-corrected chi connectivity index (χ0v) is 14.5. The summed E-state index contributed by atoms with van der Waals surface area (Å²) in [6, 6.07) is 10.2. The smallest absolute Gasteiger partial charge is 0.243 e. The normalized spacial score (nSPS) is 15.2. The van der Waals surface area contributed by atoms with Crippen LogP contribution in [-0.2, 0) is 0 Å². The maximum Gasteiger partial charge on any atom is 0.243 e. The van der Waals surface area contributed by atoms with E-state index in [2.05, 4.69) is 34.4 Å². The summed E-state index contributed by atoms with van der Waals surface area (Å²) < 4.78 is 7.40. The summed E-state index contributed by atoms with van der Waals surface area (Å²) in [5, 5.41) is 12.0. The van der Waals surface area contributed by atoms with E-state index in [0.29, 0.717) is 11.7 Å². The van der Waals surface area contributed by atoms with E-state index in [1.807, 2.05) is 61.3 Å². The third kappa shape index (κ3) is 3.54. The highest BCUT2D eigenvalue weighted by Gasteiger charge is 2.21. The molecule has 0 bridgehead atoms. The molecular formula is C18H23N5O.